The molecule has 2 N–H and O–H groups in total. The SMILES string of the molecule is CC1=c2ccccc2=CC1N. The Morgan fingerprint density at radius 2 is 2.00 bits per heavy atom. The molecular formula is C10H11N. The van der Waals surface area contributed by atoms with E-state index >= 15 is 0 Å². The number of benzene rings is 1. The lowest BCUT2D eigenvalue weighted by atomic mass is 10.2. The van der Waals surface area contributed by atoms with Crippen LogP contribution in [0.25, 0.3) is 11.6 Å². The summed E-state index contributed by atoms with van der Waals surface area (Å²) >= 11 is 0. The fourth-order valence-electron chi connectivity index (χ4n) is 1.50. The van der Waals surface area contributed by atoms with Crippen LogP contribution in [0, 0.1) is 0 Å². The molecule has 1 atom stereocenters. The molecular weight excluding hydrogens is 134 g/mol. The summed E-state index contributed by atoms with van der Waals surface area (Å²) in [6, 6.07) is 8.45. The third kappa shape index (κ3) is 0.889. The summed E-state index contributed by atoms with van der Waals surface area (Å²) in [5.41, 5.74) is 7.11. The molecule has 0 saturated carbocycles. The topological polar surface area (TPSA) is 26.0 Å². The molecule has 0 radical (unpaired) electrons. The first kappa shape index (κ1) is 6.62. The summed E-state index contributed by atoms with van der Waals surface area (Å²) in [5.74, 6) is 0. The van der Waals surface area contributed by atoms with Gasteiger partial charge in [-0.3, -0.25) is 0 Å². The fourth-order valence-corrected chi connectivity index (χ4v) is 1.50. The van der Waals surface area contributed by atoms with Crippen molar-refractivity contribution in [2.75, 3.05) is 0 Å². The largest absolute Gasteiger partial charge is 0.321 e. The number of rotatable bonds is 0. The zero-order valence-corrected chi connectivity index (χ0v) is 6.54. The van der Waals surface area contributed by atoms with E-state index in [0.717, 1.165) is 0 Å². The van der Waals surface area contributed by atoms with Gasteiger partial charge in [-0.1, -0.05) is 30.3 Å². The summed E-state index contributed by atoms with van der Waals surface area (Å²) < 4.78 is 0. The van der Waals surface area contributed by atoms with Crippen LogP contribution >= 0.6 is 0 Å². The van der Waals surface area contributed by atoms with Crippen LogP contribution in [0.15, 0.2) is 24.3 Å². The van der Waals surface area contributed by atoms with Gasteiger partial charge in [0.2, 0.25) is 0 Å². The molecule has 1 heteroatoms. The molecule has 1 aromatic carbocycles. The van der Waals surface area contributed by atoms with Gasteiger partial charge in [-0.2, -0.15) is 0 Å². The van der Waals surface area contributed by atoms with Crippen molar-refractivity contribution in [2.24, 2.45) is 5.73 Å². The normalized spacial score (nSPS) is 21.3. The number of hydrogen-bond donors (Lipinski definition) is 1. The first-order valence-corrected chi connectivity index (χ1v) is 3.82. The smallest absolute Gasteiger partial charge is 0.0455 e. The lowest BCUT2D eigenvalue weighted by molar-refractivity contribution is 1.10. The summed E-state index contributed by atoms with van der Waals surface area (Å²) in [6.07, 6.45) is 2.10. The molecule has 0 saturated heterocycles. The average molecular weight is 145 g/mol. The molecule has 11 heavy (non-hydrogen) atoms. The summed E-state index contributed by atoms with van der Waals surface area (Å²) in [4.78, 5) is 0. The van der Waals surface area contributed by atoms with Crippen molar-refractivity contribution < 1.29 is 0 Å². The van der Waals surface area contributed by atoms with Crippen LogP contribution in [0.2, 0.25) is 0 Å². The van der Waals surface area contributed by atoms with Gasteiger partial charge < -0.3 is 5.73 Å². The van der Waals surface area contributed by atoms with Crippen molar-refractivity contribution >= 4 is 11.6 Å². The quantitative estimate of drug-likeness (QED) is 0.545. The molecule has 1 aliphatic carbocycles. The lowest BCUT2D eigenvalue weighted by Crippen LogP contribution is -2.21. The first-order chi connectivity index (χ1) is 5.29. The second-order valence-electron chi connectivity index (χ2n) is 2.96. The zero-order chi connectivity index (χ0) is 7.84. The van der Waals surface area contributed by atoms with E-state index in [0.29, 0.717) is 0 Å². The van der Waals surface area contributed by atoms with E-state index in [1.54, 1.807) is 0 Å². The minimum Gasteiger partial charge on any atom is -0.321 e. The Hall–Kier alpha value is -1.08. The molecule has 0 amide bonds. The predicted molar refractivity (Wildman–Crippen MR) is 47.2 cm³/mol. The van der Waals surface area contributed by atoms with E-state index in [1.165, 1.54) is 16.0 Å². The molecule has 56 valence electrons. The zero-order valence-electron chi connectivity index (χ0n) is 6.54. The molecule has 1 aliphatic rings. The highest BCUT2D eigenvalue weighted by atomic mass is 14.6. The van der Waals surface area contributed by atoms with E-state index < -0.39 is 0 Å². The minimum atomic E-state index is 0.132. The van der Waals surface area contributed by atoms with Gasteiger partial charge in [0, 0.05) is 6.04 Å². The molecule has 1 nitrogen and oxygen atoms in total. The highest BCUT2D eigenvalue weighted by Gasteiger charge is 2.07. The fraction of sp³-hybridized carbons (Fsp3) is 0.200. The molecule has 1 aromatic rings. The van der Waals surface area contributed by atoms with Gasteiger partial charge >= 0.3 is 0 Å². The van der Waals surface area contributed by atoms with Gasteiger partial charge in [-0.25, -0.2) is 0 Å². The lowest BCUT2D eigenvalue weighted by Gasteiger charge is -1.98. The molecule has 0 heterocycles. The van der Waals surface area contributed by atoms with Crippen molar-refractivity contribution in [3.8, 4) is 0 Å². The summed E-state index contributed by atoms with van der Waals surface area (Å²) in [6.45, 7) is 2.09. The van der Waals surface area contributed by atoms with Crippen LogP contribution in [-0.2, 0) is 0 Å². The molecule has 1 unspecified atom stereocenters. The average Bonchev–Trinajstić information content (AvgIpc) is 2.30. The molecule has 0 bridgehead atoms. The van der Waals surface area contributed by atoms with E-state index in [-0.39, 0.29) is 6.04 Å². The Labute approximate surface area is 65.8 Å². The van der Waals surface area contributed by atoms with Crippen LogP contribution in [0.5, 0.6) is 0 Å². The molecule has 2 rings (SSSR count). The van der Waals surface area contributed by atoms with Crippen LogP contribution in [0.4, 0.5) is 0 Å². The van der Waals surface area contributed by atoms with Gasteiger partial charge in [-0.05, 0) is 22.9 Å². The Morgan fingerprint density at radius 3 is 2.73 bits per heavy atom. The van der Waals surface area contributed by atoms with Crippen LogP contribution in [0.3, 0.4) is 0 Å². The minimum absolute atomic E-state index is 0.132. The Morgan fingerprint density at radius 1 is 1.27 bits per heavy atom. The van der Waals surface area contributed by atoms with Crippen LogP contribution < -0.4 is 16.2 Å². The van der Waals surface area contributed by atoms with Crippen molar-refractivity contribution in [3.63, 3.8) is 0 Å². The highest BCUT2D eigenvalue weighted by molar-refractivity contribution is 5.64. The van der Waals surface area contributed by atoms with Crippen molar-refractivity contribution in [1.29, 1.82) is 0 Å². The van der Waals surface area contributed by atoms with Gasteiger partial charge in [0.05, 0.1) is 0 Å². The van der Waals surface area contributed by atoms with Crippen molar-refractivity contribution in [1.82, 2.24) is 0 Å². The van der Waals surface area contributed by atoms with E-state index in [2.05, 4.69) is 25.1 Å². The van der Waals surface area contributed by atoms with Crippen LogP contribution in [0.1, 0.15) is 6.92 Å². The second kappa shape index (κ2) is 2.21. The Balaban J connectivity index is 2.89. The first-order valence-electron chi connectivity index (χ1n) is 3.82. The van der Waals surface area contributed by atoms with Crippen molar-refractivity contribution in [3.05, 3.63) is 34.7 Å². The summed E-state index contributed by atoms with van der Waals surface area (Å²) in [7, 11) is 0. The number of nitrogens with two attached hydrogens (primary N) is 1. The Bertz CT molecular complexity index is 390. The van der Waals surface area contributed by atoms with Gasteiger partial charge in [0.1, 0.15) is 0 Å². The van der Waals surface area contributed by atoms with E-state index in [1.807, 2.05) is 12.1 Å². The number of hydrogen-bond acceptors (Lipinski definition) is 1. The number of fused-ring (bicyclic) bond motifs is 1. The van der Waals surface area contributed by atoms with E-state index in [9.17, 15) is 0 Å². The molecule has 0 aromatic heterocycles. The molecule has 0 aliphatic heterocycles. The summed E-state index contributed by atoms with van der Waals surface area (Å²) in [5, 5.41) is 2.58. The molecule has 0 fully saturated rings. The van der Waals surface area contributed by atoms with E-state index in [4.69, 9.17) is 5.73 Å². The third-order valence-electron chi connectivity index (χ3n) is 2.24. The second-order valence-corrected chi connectivity index (χ2v) is 2.96. The maximum atomic E-state index is 5.84. The maximum absolute atomic E-state index is 5.84. The van der Waals surface area contributed by atoms with Gasteiger partial charge in [0.15, 0.2) is 0 Å². The maximum Gasteiger partial charge on any atom is 0.0455 e. The standard InChI is InChI=1S/C10H11N/c1-7-9-5-3-2-4-8(9)6-10(7)11/h2-6,10H,11H2,1H3. The third-order valence-corrected chi connectivity index (χ3v) is 2.24. The molecule has 0 spiro atoms. The monoisotopic (exact) mass is 145 g/mol. The highest BCUT2D eigenvalue weighted by Crippen LogP contribution is 2.01. The predicted octanol–water partition coefficient (Wildman–Crippen LogP) is -0.0214. The van der Waals surface area contributed by atoms with Gasteiger partial charge in [-0.15, -0.1) is 0 Å². The van der Waals surface area contributed by atoms with Crippen molar-refractivity contribution in [2.45, 2.75) is 13.0 Å². The van der Waals surface area contributed by atoms with Crippen LogP contribution in [-0.4, -0.2) is 6.04 Å². The van der Waals surface area contributed by atoms with Gasteiger partial charge in [0.25, 0.3) is 0 Å². The Kier molecular flexibility index (Phi) is 1.33.